The number of benzene rings is 1. The maximum Gasteiger partial charge on any atom is 0.243 e. The Morgan fingerprint density at radius 1 is 1.07 bits per heavy atom. The maximum absolute atomic E-state index is 13.1. The van der Waals surface area contributed by atoms with Gasteiger partial charge in [-0.05, 0) is 18.1 Å². The van der Waals surface area contributed by atoms with Crippen molar-refractivity contribution < 1.29 is 22.4 Å². The van der Waals surface area contributed by atoms with E-state index in [4.69, 9.17) is 14.0 Å². The molecule has 0 amide bonds. The number of hydrogen-bond donors (Lipinski definition) is 0. The van der Waals surface area contributed by atoms with Crippen molar-refractivity contribution in [1.82, 2.24) is 19.3 Å². The molecule has 2 aliphatic rings. The Hall–Kier alpha value is -2.17. The fourth-order valence-corrected chi connectivity index (χ4v) is 5.01. The average molecular weight is 437 g/mol. The minimum atomic E-state index is -3.59. The number of rotatable bonds is 6. The summed E-state index contributed by atoms with van der Waals surface area (Å²) >= 11 is 0. The van der Waals surface area contributed by atoms with Crippen LogP contribution in [-0.2, 0) is 23.0 Å². The zero-order valence-electron chi connectivity index (χ0n) is 17.4. The zero-order chi connectivity index (χ0) is 21.1. The predicted molar refractivity (Wildman–Crippen MR) is 109 cm³/mol. The number of fused-ring (bicyclic) bond motifs is 1. The first kappa shape index (κ1) is 21.1. The first-order valence-corrected chi connectivity index (χ1v) is 11.8. The fourth-order valence-electron chi connectivity index (χ4n) is 3.57. The zero-order valence-corrected chi connectivity index (χ0v) is 18.2. The van der Waals surface area contributed by atoms with Crippen molar-refractivity contribution in [2.75, 3.05) is 39.4 Å². The second-order valence-corrected chi connectivity index (χ2v) is 9.98. The van der Waals surface area contributed by atoms with E-state index in [-0.39, 0.29) is 4.90 Å². The molecule has 0 spiro atoms. The van der Waals surface area contributed by atoms with E-state index >= 15 is 0 Å². The second kappa shape index (κ2) is 8.91. The molecule has 0 atom stereocenters. The van der Waals surface area contributed by atoms with Crippen molar-refractivity contribution >= 4 is 10.0 Å². The predicted octanol–water partition coefficient (Wildman–Crippen LogP) is 1.94. The van der Waals surface area contributed by atoms with Crippen LogP contribution in [-0.4, -0.2) is 67.2 Å². The summed E-state index contributed by atoms with van der Waals surface area (Å²) in [6, 6.07) is 4.83. The maximum atomic E-state index is 13.1. The van der Waals surface area contributed by atoms with Gasteiger partial charge in [-0.1, -0.05) is 19.0 Å². The first-order chi connectivity index (χ1) is 14.4. The van der Waals surface area contributed by atoms with Gasteiger partial charge in [-0.25, -0.2) is 8.42 Å². The van der Waals surface area contributed by atoms with Gasteiger partial charge in [-0.2, -0.15) is 9.29 Å². The van der Waals surface area contributed by atoms with Crippen molar-refractivity contribution in [2.24, 2.45) is 5.92 Å². The number of hydrogen-bond acceptors (Lipinski definition) is 8. The summed E-state index contributed by atoms with van der Waals surface area (Å²) < 4.78 is 44.3. The van der Waals surface area contributed by atoms with Gasteiger partial charge in [0.1, 0.15) is 0 Å². The van der Waals surface area contributed by atoms with Crippen molar-refractivity contribution in [3.63, 3.8) is 0 Å². The minimum Gasteiger partial charge on any atom is -0.490 e. The molecule has 0 bridgehead atoms. The first-order valence-electron chi connectivity index (χ1n) is 10.4. The number of sulfonamides is 1. The van der Waals surface area contributed by atoms with Crippen LogP contribution >= 0.6 is 0 Å². The lowest BCUT2D eigenvalue weighted by atomic mass is 10.1. The van der Waals surface area contributed by atoms with Crippen molar-refractivity contribution in [3.8, 4) is 11.5 Å². The summed E-state index contributed by atoms with van der Waals surface area (Å²) in [6.45, 7) is 7.86. The molecule has 0 unspecified atom stereocenters. The topological polar surface area (TPSA) is 98.0 Å². The summed E-state index contributed by atoms with van der Waals surface area (Å²) in [7, 11) is -3.59. The Bertz CT molecular complexity index is 967. The van der Waals surface area contributed by atoms with E-state index in [0.717, 1.165) is 18.7 Å². The average Bonchev–Trinajstić information content (AvgIpc) is 3.00. The van der Waals surface area contributed by atoms with Gasteiger partial charge >= 0.3 is 0 Å². The number of aromatic nitrogens is 2. The number of nitrogens with zero attached hydrogens (tertiary/aromatic N) is 4. The summed E-state index contributed by atoms with van der Waals surface area (Å²) in [5.74, 6) is 2.84. The van der Waals surface area contributed by atoms with Gasteiger partial charge in [0, 0.05) is 45.1 Å². The fraction of sp³-hybridized carbons (Fsp3) is 0.600. The lowest BCUT2D eigenvalue weighted by Crippen LogP contribution is -2.48. The Kier molecular flexibility index (Phi) is 6.26. The molecule has 164 valence electrons. The van der Waals surface area contributed by atoms with Crippen LogP contribution in [0, 0.1) is 5.92 Å². The third-order valence-corrected chi connectivity index (χ3v) is 7.04. The molecule has 0 radical (unpaired) electrons. The highest BCUT2D eigenvalue weighted by Crippen LogP contribution is 2.33. The Balaban J connectivity index is 1.37. The van der Waals surface area contributed by atoms with Gasteiger partial charge < -0.3 is 14.0 Å². The van der Waals surface area contributed by atoms with Crippen molar-refractivity contribution in [1.29, 1.82) is 0 Å². The normalized spacial score (nSPS) is 18.5. The largest absolute Gasteiger partial charge is 0.490 e. The molecule has 9 nitrogen and oxygen atoms in total. The van der Waals surface area contributed by atoms with Crippen molar-refractivity contribution in [2.45, 2.75) is 38.1 Å². The highest BCUT2D eigenvalue weighted by atomic mass is 32.2. The van der Waals surface area contributed by atoms with E-state index < -0.39 is 10.0 Å². The third-order valence-electron chi connectivity index (χ3n) is 5.15. The van der Waals surface area contributed by atoms with Gasteiger partial charge in [0.05, 0.1) is 24.7 Å². The Morgan fingerprint density at radius 3 is 2.53 bits per heavy atom. The van der Waals surface area contributed by atoms with Crippen LogP contribution in [0.5, 0.6) is 11.5 Å². The molecule has 2 aliphatic heterocycles. The lowest BCUT2D eigenvalue weighted by Gasteiger charge is -2.33. The van der Waals surface area contributed by atoms with Crippen LogP contribution < -0.4 is 9.47 Å². The molecule has 0 N–H and O–H groups in total. The van der Waals surface area contributed by atoms with E-state index in [9.17, 15) is 8.42 Å². The standard InChI is InChI=1S/C20H28N4O5S/c1-15(2)12-19-21-20(29-22-19)14-23-6-8-24(9-7-23)30(25,26)16-4-5-17-18(13-16)28-11-3-10-27-17/h4-5,13,15H,3,6-12,14H2,1-2H3. The van der Waals surface area contributed by atoms with Gasteiger partial charge in [-0.15, -0.1) is 0 Å². The summed E-state index contributed by atoms with van der Waals surface area (Å²) in [6.07, 6.45) is 1.56. The van der Waals surface area contributed by atoms with Crippen LogP contribution in [0.25, 0.3) is 0 Å². The minimum absolute atomic E-state index is 0.232. The van der Waals surface area contributed by atoms with E-state index in [1.165, 1.54) is 4.31 Å². The molecule has 1 aromatic carbocycles. The van der Waals surface area contributed by atoms with Crippen LogP contribution in [0.4, 0.5) is 0 Å². The van der Waals surface area contributed by atoms with E-state index in [0.29, 0.717) is 69.2 Å². The lowest BCUT2D eigenvalue weighted by molar-refractivity contribution is 0.163. The molecular weight excluding hydrogens is 408 g/mol. The summed E-state index contributed by atoms with van der Waals surface area (Å²) in [5, 5.41) is 4.02. The SMILES string of the molecule is CC(C)Cc1noc(CN2CCN(S(=O)(=O)c3ccc4c(c3)OCCCO4)CC2)n1. The highest BCUT2D eigenvalue weighted by Gasteiger charge is 2.30. The van der Waals surface area contributed by atoms with Gasteiger partial charge in [0.25, 0.3) is 0 Å². The Labute approximate surface area is 177 Å². The molecule has 0 aliphatic carbocycles. The van der Waals surface area contributed by atoms with Gasteiger partial charge in [-0.3, -0.25) is 4.90 Å². The van der Waals surface area contributed by atoms with E-state index in [1.807, 2.05) is 0 Å². The third kappa shape index (κ3) is 4.76. The molecule has 30 heavy (non-hydrogen) atoms. The van der Waals surface area contributed by atoms with Crippen LogP contribution in [0.3, 0.4) is 0 Å². The molecule has 2 aromatic rings. The molecule has 1 aromatic heterocycles. The van der Waals surface area contributed by atoms with E-state index in [1.54, 1.807) is 18.2 Å². The smallest absolute Gasteiger partial charge is 0.243 e. The summed E-state index contributed by atoms with van der Waals surface area (Å²) in [5.41, 5.74) is 0. The molecule has 1 saturated heterocycles. The molecule has 0 saturated carbocycles. The van der Waals surface area contributed by atoms with Gasteiger partial charge in [0.15, 0.2) is 17.3 Å². The molecule has 4 rings (SSSR count). The van der Waals surface area contributed by atoms with Crippen LogP contribution in [0.1, 0.15) is 32.0 Å². The number of ether oxygens (including phenoxy) is 2. The van der Waals surface area contributed by atoms with Crippen molar-refractivity contribution in [3.05, 3.63) is 29.9 Å². The number of piperazine rings is 1. The van der Waals surface area contributed by atoms with E-state index in [2.05, 4.69) is 28.9 Å². The monoisotopic (exact) mass is 436 g/mol. The van der Waals surface area contributed by atoms with Gasteiger partial charge in [0.2, 0.25) is 15.9 Å². The molecular formula is C20H28N4O5S. The molecule has 3 heterocycles. The Morgan fingerprint density at radius 2 is 1.80 bits per heavy atom. The second-order valence-electron chi connectivity index (χ2n) is 8.04. The highest BCUT2D eigenvalue weighted by molar-refractivity contribution is 7.89. The van der Waals surface area contributed by atoms with Crippen LogP contribution in [0.15, 0.2) is 27.6 Å². The molecule has 1 fully saturated rings. The summed E-state index contributed by atoms with van der Waals surface area (Å²) in [4.78, 5) is 6.79. The quantitative estimate of drug-likeness (QED) is 0.678. The van der Waals surface area contributed by atoms with Crippen LogP contribution in [0.2, 0.25) is 0 Å². The molecule has 10 heteroatoms.